The molecule has 188 valence electrons. The smallest absolute Gasteiger partial charge is 0.246 e. The molecule has 2 aliphatic heterocycles. The number of piperidine rings is 1. The molecule has 1 atom stereocenters. The Morgan fingerprint density at radius 1 is 1.09 bits per heavy atom. The first-order valence-electron chi connectivity index (χ1n) is 13.8. The molecule has 1 aromatic heterocycles. The van der Waals surface area contributed by atoms with Gasteiger partial charge in [0.15, 0.2) is 0 Å². The average molecular weight is 477 g/mol. The molecule has 3 heterocycles. The van der Waals surface area contributed by atoms with E-state index in [4.69, 9.17) is 0 Å². The summed E-state index contributed by atoms with van der Waals surface area (Å²) in [5.41, 5.74) is 1.52. The van der Waals surface area contributed by atoms with Gasteiger partial charge in [0.25, 0.3) is 0 Å². The molecule has 3 fully saturated rings. The van der Waals surface area contributed by atoms with E-state index in [1.807, 2.05) is 29.3 Å². The summed E-state index contributed by atoms with van der Waals surface area (Å²) in [6.07, 6.45) is 12.3. The van der Waals surface area contributed by atoms with Crippen molar-refractivity contribution < 1.29 is 9.59 Å². The lowest BCUT2D eigenvalue weighted by Gasteiger charge is -2.52. The van der Waals surface area contributed by atoms with Crippen LogP contribution in [0.1, 0.15) is 76.7 Å². The number of fused-ring (bicyclic) bond motifs is 1. The zero-order valence-corrected chi connectivity index (χ0v) is 21.2. The number of carbonyl (C=O) groups excluding carboxylic acids is 2. The normalized spacial score (nSPS) is 23.7. The minimum Gasteiger partial charge on any atom is -0.342 e. The zero-order chi connectivity index (χ0) is 24.3. The second-order valence-corrected chi connectivity index (χ2v) is 11.0. The molecule has 1 aromatic carbocycles. The molecule has 2 amide bonds. The molecule has 0 radical (unpaired) electrons. The van der Waals surface area contributed by atoms with Crippen molar-refractivity contribution in [2.45, 2.75) is 89.3 Å². The van der Waals surface area contributed by atoms with Crippen LogP contribution in [0.3, 0.4) is 0 Å². The summed E-state index contributed by atoms with van der Waals surface area (Å²) in [6, 6.07) is 10.1. The molecule has 1 spiro atoms. The Balaban J connectivity index is 1.27. The molecule has 6 nitrogen and oxygen atoms in total. The minimum absolute atomic E-state index is 0.0843. The number of hydrogen-bond donors (Lipinski definition) is 1. The van der Waals surface area contributed by atoms with Gasteiger partial charge in [0.2, 0.25) is 11.8 Å². The van der Waals surface area contributed by atoms with Crippen LogP contribution in [-0.4, -0.2) is 57.8 Å². The van der Waals surface area contributed by atoms with Crippen LogP contribution in [0.25, 0.3) is 10.9 Å². The molecule has 1 saturated carbocycles. The SMILES string of the molecule is CCCCN1C(=O)C(CC2CCCCC2)NC(=O)C12CCN(Cc1cnc3ccccc3c1)CC2. The van der Waals surface area contributed by atoms with Crippen molar-refractivity contribution in [2.24, 2.45) is 5.92 Å². The van der Waals surface area contributed by atoms with Gasteiger partial charge in [-0.3, -0.25) is 19.5 Å². The second-order valence-electron chi connectivity index (χ2n) is 11.0. The molecule has 5 rings (SSSR count). The number of benzene rings is 1. The Hall–Kier alpha value is -2.47. The molecule has 1 unspecified atom stereocenters. The molecule has 6 heteroatoms. The topological polar surface area (TPSA) is 65.5 Å². The zero-order valence-electron chi connectivity index (χ0n) is 21.2. The molecular formula is C29H40N4O2. The van der Waals surface area contributed by atoms with Gasteiger partial charge in [0.05, 0.1) is 5.52 Å². The predicted molar refractivity (Wildman–Crippen MR) is 139 cm³/mol. The lowest BCUT2D eigenvalue weighted by molar-refractivity contribution is -0.162. The first-order chi connectivity index (χ1) is 17.1. The summed E-state index contributed by atoms with van der Waals surface area (Å²) in [5.74, 6) is 0.814. The van der Waals surface area contributed by atoms with Crippen molar-refractivity contribution in [3.63, 3.8) is 0 Å². The summed E-state index contributed by atoms with van der Waals surface area (Å²) < 4.78 is 0. The van der Waals surface area contributed by atoms with Crippen molar-refractivity contribution in [3.8, 4) is 0 Å². The largest absolute Gasteiger partial charge is 0.342 e. The number of piperazine rings is 1. The highest BCUT2D eigenvalue weighted by Crippen LogP contribution is 2.36. The first-order valence-corrected chi connectivity index (χ1v) is 13.8. The third kappa shape index (κ3) is 5.09. The van der Waals surface area contributed by atoms with Gasteiger partial charge >= 0.3 is 0 Å². The maximum Gasteiger partial charge on any atom is 0.246 e. The van der Waals surface area contributed by atoms with Gasteiger partial charge in [0, 0.05) is 37.8 Å². The van der Waals surface area contributed by atoms with Crippen LogP contribution in [0.2, 0.25) is 0 Å². The van der Waals surface area contributed by atoms with Crippen molar-refractivity contribution in [2.75, 3.05) is 19.6 Å². The third-order valence-electron chi connectivity index (χ3n) is 8.57. The van der Waals surface area contributed by atoms with Crippen LogP contribution in [0, 0.1) is 5.92 Å². The number of carbonyl (C=O) groups is 2. The number of para-hydroxylation sites is 1. The average Bonchev–Trinajstić information content (AvgIpc) is 2.89. The fraction of sp³-hybridized carbons (Fsp3) is 0.621. The minimum atomic E-state index is -0.687. The van der Waals surface area contributed by atoms with Gasteiger partial charge in [0.1, 0.15) is 11.6 Å². The van der Waals surface area contributed by atoms with E-state index in [2.05, 4.69) is 34.3 Å². The van der Waals surface area contributed by atoms with E-state index >= 15 is 0 Å². The van der Waals surface area contributed by atoms with E-state index in [0.717, 1.165) is 49.8 Å². The highest BCUT2D eigenvalue weighted by atomic mass is 16.2. The molecule has 2 saturated heterocycles. The number of hydrogen-bond acceptors (Lipinski definition) is 4. The highest BCUT2D eigenvalue weighted by Gasteiger charge is 2.53. The number of amides is 2. The standard InChI is InChI=1S/C29H40N4O2/c1-2-3-15-33-27(34)26(19-22-9-5-4-6-10-22)31-28(35)29(33)13-16-32(17-14-29)21-23-18-24-11-7-8-12-25(24)30-20-23/h7-8,11-12,18,20,22,26H,2-6,9-10,13-17,19,21H2,1H3,(H,31,35). The van der Waals surface area contributed by atoms with Crippen LogP contribution in [-0.2, 0) is 16.1 Å². The summed E-state index contributed by atoms with van der Waals surface area (Å²) in [4.78, 5) is 36.3. The van der Waals surface area contributed by atoms with Gasteiger partial charge in [-0.15, -0.1) is 0 Å². The highest BCUT2D eigenvalue weighted by molar-refractivity contribution is 6.00. The number of unbranched alkanes of at least 4 members (excludes halogenated alkanes) is 1. The lowest BCUT2D eigenvalue weighted by atomic mass is 9.79. The van der Waals surface area contributed by atoms with Crippen LogP contribution < -0.4 is 5.32 Å². The van der Waals surface area contributed by atoms with Gasteiger partial charge < -0.3 is 10.2 Å². The maximum atomic E-state index is 13.7. The monoisotopic (exact) mass is 476 g/mol. The number of pyridine rings is 1. The van der Waals surface area contributed by atoms with E-state index in [1.54, 1.807) is 0 Å². The maximum absolute atomic E-state index is 13.7. The Kier molecular flexibility index (Phi) is 7.37. The van der Waals surface area contributed by atoms with Crippen molar-refractivity contribution >= 4 is 22.7 Å². The molecule has 1 N–H and O–H groups in total. The number of aromatic nitrogens is 1. The lowest BCUT2D eigenvalue weighted by Crippen LogP contribution is -2.73. The second kappa shape index (κ2) is 10.7. The quantitative estimate of drug-likeness (QED) is 0.631. The molecule has 1 aliphatic carbocycles. The third-order valence-corrected chi connectivity index (χ3v) is 8.57. The summed E-state index contributed by atoms with van der Waals surface area (Å²) in [5, 5.41) is 4.36. The summed E-state index contributed by atoms with van der Waals surface area (Å²) in [7, 11) is 0. The van der Waals surface area contributed by atoms with Crippen LogP contribution in [0.4, 0.5) is 0 Å². The van der Waals surface area contributed by atoms with Crippen molar-refractivity contribution in [3.05, 3.63) is 42.1 Å². The first kappa shape index (κ1) is 24.2. The van der Waals surface area contributed by atoms with Gasteiger partial charge in [-0.05, 0) is 49.3 Å². The number of rotatable bonds is 7. The Bertz CT molecular complexity index is 1040. The van der Waals surface area contributed by atoms with Crippen LogP contribution in [0.15, 0.2) is 36.5 Å². The van der Waals surface area contributed by atoms with E-state index in [9.17, 15) is 9.59 Å². The molecular weight excluding hydrogens is 436 g/mol. The fourth-order valence-electron chi connectivity index (χ4n) is 6.47. The van der Waals surface area contributed by atoms with Gasteiger partial charge in [-0.25, -0.2) is 0 Å². The molecule has 2 aromatic rings. The predicted octanol–water partition coefficient (Wildman–Crippen LogP) is 4.67. The van der Waals surface area contributed by atoms with E-state index in [-0.39, 0.29) is 17.9 Å². The van der Waals surface area contributed by atoms with Crippen LogP contribution in [0.5, 0.6) is 0 Å². The number of nitrogens with zero attached hydrogens (tertiary/aromatic N) is 3. The summed E-state index contributed by atoms with van der Waals surface area (Å²) in [6.45, 7) is 5.29. The van der Waals surface area contributed by atoms with Gasteiger partial charge in [-0.1, -0.05) is 63.6 Å². The van der Waals surface area contributed by atoms with Crippen LogP contribution >= 0.6 is 0 Å². The fourth-order valence-corrected chi connectivity index (χ4v) is 6.47. The van der Waals surface area contributed by atoms with Gasteiger partial charge in [-0.2, -0.15) is 0 Å². The Labute approximate surface area is 209 Å². The molecule has 3 aliphatic rings. The Morgan fingerprint density at radius 2 is 1.86 bits per heavy atom. The Morgan fingerprint density at radius 3 is 2.63 bits per heavy atom. The van der Waals surface area contributed by atoms with E-state index < -0.39 is 5.54 Å². The molecule has 35 heavy (non-hydrogen) atoms. The van der Waals surface area contributed by atoms with E-state index in [1.165, 1.54) is 37.7 Å². The van der Waals surface area contributed by atoms with Crippen molar-refractivity contribution in [1.82, 2.24) is 20.1 Å². The number of likely N-dealkylation sites (tertiary alicyclic amines) is 1. The molecule has 0 bridgehead atoms. The van der Waals surface area contributed by atoms with Crippen molar-refractivity contribution in [1.29, 1.82) is 0 Å². The number of nitrogens with one attached hydrogen (secondary N) is 1. The summed E-state index contributed by atoms with van der Waals surface area (Å²) >= 11 is 0. The van der Waals surface area contributed by atoms with E-state index in [0.29, 0.717) is 25.3 Å².